The molecule has 0 aromatic heterocycles. The van der Waals surface area contributed by atoms with Crippen LogP contribution in [-0.2, 0) is 22.2 Å². The number of benzene rings is 1. The molecule has 4 heteroatoms. The van der Waals surface area contributed by atoms with Crippen LogP contribution in [0.4, 0.5) is 5.69 Å². The molecule has 0 spiro atoms. The van der Waals surface area contributed by atoms with Gasteiger partial charge in [0.2, 0.25) is 0 Å². The van der Waals surface area contributed by atoms with E-state index in [1.807, 2.05) is 0 Å². The summed E-state index contributed by atoms with van der Waals surface area (Å²) in [5.41, 5.74) is 10.1. The summed E-state index contributed by atoms with van der Waals surface area (Å²) >= 11 is 0. The smallest absolute Gasteiger partial charge is 0.399 e. The second-order valence-electron chi connectivity index (χ2n) is 6.69. The molecule has 1 aromatic rings. The van der Waals surface area contributed by atoms with Gasteiger partial charge in [0, 0.05) is 11.2 Å². The van der Waals surface area contributed by atoms with Crippen LogP contribution in [0.15, 0.2) is 12.1 Å². The fraction of sp³-hybridized carbons (Fsp3) is 0.600. The quantitative estimate of drug-likeness (QED) is 0.620. The van der Waals surface area contributed by atoms with Gasteiger partial charge in [-0.15, -0.1) is 0 Å². The van der Waals surface area contributed by atoms with Crippen molar-refractivity contribution in [3.05, 3.63) is 23.3 Å². The van der Waals surface area contributed by atoms with Crippen LogP contribution in [-0.4, -0.2) is 18.3 Å². The van der Waals surface area contributed by atoms with Gasteiger partial charge in [0.15, 0.2) is 0 Å². The molecule has 102 valence electrons. The Morgan fingerprint density at radius 3 is 2.11 bits per heavy atom. The summed E-state index contributed by atoms with van der Waals surface area (Å²) < 4.78 is 12.2. The van der Waals surface area contributed by atoms with Crippen LogP contribution in [0, 0.1) is 0 Å². The zero-order chi connectivity index (χ0) is 13.8. The number of nitrogen functional groups attached to an aromatic ring is 1. The first-order valence-electron chi connectivity index (χ1n) is 7.07. The molecule has 1 saturated heterocycles. The minimum Gasteiger partial charge on any atom is -0.399 e. The van der Waals surface area contributed by atoms with Crippen molar-refractivity contribution in [3.63, 3.8) is 0 Å². The molecule has 3 nitrogen and oxygen atoms in total. The van der Waals surface area contributed by atoms with E-state index in [0.717, 1.165) is 24.0 Å². The normalized spacial score (nSPS) is 23.7. The predicted octanol–water partition coefficient (Wildman–Crippen LogP) is 2.06. The molecule has 0 radical (unpaired) electrons. The van der Waals surface area contributed by atoms with Gasteiger partial charge in [0.05, 0.1) is 11.2 Å². The maximum absolute atomic E-state index is 6.19. The first-order chi connectivity index (χ1) is 8.80. The maximum atomic E-state index is 6.19. The fourth-order valence-corrected chi connectivity index (χ4v) is 2.84. The topological polar surface area (TPSA) is 44.5 Å². The Morgan fingerprint density at radius 1 is 1.00 bits per heavy atom. The van der Waals surface area contributed by atoms with E-state index < -0.39 is 0 Å². The van der Waals surface area contributed by atoms with Crippen LogP contribution < -0.4 is 11.2 Å². The molecule has 2 N–H and O–H groups in total. The average molecular weight is 259 g/mol. The van der Waals surface area contributed by atoms with Crippen molar-refractivity contribution in [1.29, 1.82) is 0 Å². The van der Waals surface area contributed by atoms with Crippen molar-refractivity contribution in [1.82, 2.24) is 0 Å². The highest BCUT2D eigenvalue weighted by Gasteiger charge is 2.52. The molecule has 0 atom stereocenters. The highest BCUT2D eigenvalue weighted by atomic mass is 16.7. The van der Waals surface area contributed by atoms with Gasteiger partial charge in [0.25, 0.3) is 0 Å². The maximum Gasteiger partial charge on any atom is 0.496 e. The van der Waals surface area contributed by atoms with Gasteiger partial charge in [0.1, 0.15) is 0 Å². The number of anilines is 1. The van der Waals surface area contributed by atoms with Gasteiger partial charge in [-0.2, -0.15) is 0 Å². The Labute approximate surface area is 115 Å². The van der Waals surface area contributed by atoms with E-state index in [0.29, 0.717) is 0 Å². The molecule has 2 aliphatic rings. The fourth-order valence-electron chi connectivity index (χ4n) is 2.84. The molecule has 1 aliphatic carbocycles. The Hall–Kier alpha value is -0.995. The first-order valence-corrected chi connectivity index (χ1v) is 7.07. The van der Waals surface area contributed by atoms with E-state index in [1.54, 1.807) is 0 Å². The lowest BCUT2D eigenvalue weighted by molar-refractivity contribution is 0.00578. The molecule has 1 heterocycles. The third-order valence-electron chi connectivity index (χ3n) is 4.80. The van der Waals surface area contributed by atoms with Gasteiger partial charge >= 0.3 is 7.12 Å². The number of hydrogen-bond acceptors (Lipinski definition) is 3. The molecule has 1 aliphatic heterocycles. The first kappa shape index (κ1) is 13.0. The van der Waals surface area contributed by atoms with Gasteiger partial charge in [-0.05, 0) is 64.2 Å². The van der Waals surface area contributed by atoms with Crippen molar-refractivity contribution in [3.8, 4) is 0 Å². The highest BCUT2D eigenvalue weighted by molar-refractivity contribution is 6.63. The molecular formula is C15H22BNO2. The predicted molar refractivity (Wildman–Crippen MR) is 78.6 cm³/mol. The van der Waals surface area contributed by atoms with E-state index in [9.17, 15) is 0 Å². The van der Waals surface area contributed by atoms with Crippen LogP contribution in [0.25, 0.3) is 0 Å². The summed E-state index contributed by atoms with van der Waals surface area (Å²) in [5.74, 6) is 0. The monoisotopic (exact) mass is 259 g/mol. The minimum atomic E-state index is -0.351. The van der Waals surface area contributed by atoms with Crippen LogP contribution in [0.3, 0.4) is 0 Å². The lowest BCUT2D eigenvalue weighted by Gasteiger charge is -2.32. The highest BCUT2D eigenvalue weighted by Crippen LogP contribution is 2.37. The number of hydrogen-bond donors (Lipinski definition) is 1. The van der Waals surface area contributed by atoms with Crippen LogP contribution in [0.2, 0.25) is 0 Å². The van der Waals surface area contributed by atoms with Crippen LogP contribution in [0.1, 0.15) is 45.2 Å². The lowest BCUT2D eigenvalue weighted by Crippen LogP contribution is -2.41. The van der Waals surface area contributed by atoms with E-state index in [1.165, 1.54) is 17.5 Å². The summed E-state index contributed by atoms with van der Waals surface area (Å²) in [4.78, 5) is 0. The summed E-state index contributed by atoms with van der Waals surface area (Å²) in [6.45, 7) is 8.26. The van der Waals surface area contributed by atoms with Crippen molar-refractivity contribution >= 4 is 18.3 Å². The summed E-state index contributed by atoms with van der Waals surface area (Å²) in [6, 6.07) is 4.28. The molecule has 0 saturated carbocycles. The summed E-state index contributed by atoms with van der Waals surface area (Å²) in [7, 11) is -0.351. The van der Waals surface area contributed by atoms with Gasteiger partial charge < -0.3 is 15.0 Å². The number of nitrogens with two attached hydrogens (primary N) is 1. The molecule has 0 bridgehead atoms. The summed E-state index contributed by atoms with van der Waals surface area (Å²) in [5, 5.41) is 0. The Bertz CT molecular complexity index is 509. The second-order valence-corrected chi connectivity index (χ2v) is 6.69. The lowest BCUT2D eigenvalue weighted by atomic mass is 9.76. The van der Waals surface area contributed by atoms with Crippen molar-refractivity contribution in [2.75, 3.05) is 5.73 Å². The third kappa shape index (κ3) is 1.98. The number of rotatable bonds is 1. The van der Waals surface area contributed by atoms with Crippen LogP contribution in [0.5, 0.6) is 0 Å². The molecule has 3 rings (SSSR count). The van der Waals surface area contributed by atoms with Gasteiger partial charge in [-0.1, -0.05) is 6.07 Å². The van der Waals surface area contributed by atoms with Crippen molar-refractivity contribution < 1.29 is 9.31 Å². The van der Waals surface area contributed by atoms with Gasteiger partial charge in [-0.3, -0.25) is 0 Å². The average Bonchev–Trinajstić information content (AvgIpc) is 2.80. The second kappa shape index (κ2) is 4.00. The minimum absolute atomic E-state index is 0.316. The Kier molecular flexibility index (Phi) is 2.74. The Morgan fingerprint density at radius 2 is 1.53 bits per heavy atom. The standard InChI is InChI=1S/C15H22BNO2/c1-14(2)15(3,4)19-16(18-14)12-8-10-6-5-7-11(10)9-13(12)17/h8-9H,5-7,17H2,1-4H3. The largest absolute Gasteiger partial charge is 0.496 e. The van der Waals surface area contributed by atoms with Gasteiger partial charge in [-0.25, -0.2) is 0 Å². The van der Waals surface area contributed by atoms with E-state index in [4.69, 9.17) is 15.0 Å². The molecule has 0 unspecified atom stereocenters. The number of fused-ring (bicyclic) bond motifs is 1. The molecule has 19 heavy (non-hydrogen) atoms. The SMILES string of the molecule is CC1(C)OB(c2cc3c(cc2N)CCC3)OC1(C)C. The zero-order valence-corrected chi connectivity index (χ0v) is 12.2. The summed E-state index contributed by atoms with van der Waals surface area (Å²) in [6.07, 6.45) is 3.51. The molecule has 1 aromatic carbocycles. The van der Waals surface area contributed by atoms with Crippen LogP contribution >= 0.6 is 0 Å². The molecule has 1 fully saturated rings. The van der Waals surface area contributed by atoms with E-state index in [-0.39, 0.29) is 18.3 Å². The molecular weight excluding hydrogens is 237 g/mol. The zero-order valence-electron chi connectivity index (χ0n) is 12.2. The van der Waals surface area contributed by atoms with Crippen molar-refractivity contribution in [2.24, 2.45) is 0 Å². The third-order valence-corrected chi connectivity index (χ3v) is 4.80. The van der Waals surface area contributed by atoms with E-state index >= 15 is 0 Å². The van der Waals surface area contributed by atoms with E-state index in [2.05, 4.69) is 39.8 Å². The number of aryl methyl sites for hydroxylation is 2. The molecule has 0 amide bonds. The van der Waals surface area contributed by atoms with Crippen molar-refractivity contribution in [2.45, 2.75) is 58.2 Å². The Balaban J connectivity index is 1.96.